The molecule has 0 aromatic heterocycles. The van der Waals surface area contributed by atoms with Crippen molar-refractivity contribution in [3.05, 3.63) is 71.3 Å². The number of rotatable bonds is 7. The average Bonchev–Trinajstić information content (AvgIpc) is 3.19. The fraction of sp³-hybridized carbons (Fsp3) is 0.200. The summed E-state index contributed by atoms with van der Waals surface area (Å²) >= 11 is 0. The largest absolute Gasteiger partial charge is 0.497 e. The molecule has 0 bridgehead atoms. The van der Waals surface area contributed by atoms with Gasteiger partial charge in [-0.15, -0.1) is 0 Å². The summed E-state index contributed by atoms with van der Waals surface area (Å²) in [6.07, 6.45) is 0. The molecule has 1 aliphatic heterocycles. The number of carbonyl (C=O) groups is 2. The van der Waals surface area contributed by atoms with Crippen molar-refractivity contribution in [2.24, 2.45) is 0 Å². The highest BCUT2D eigenvalue weighted by Gasteiger charge is 2.32. The van der Waals surface area contributed by atoms with Gasteiger partial charge in [-0.3, -0.25) is 9.59 Å². The van der Waals surface area contributed by atoms with E-state index >= 15 is 0 Å². The summed E-state index contributed by atoms with van der Waals surface area (Å²) in [6.45, 7) is 0.381. The fourth-order valence-electron chi connectivity index (χ4n) is 3.87. The van der Waals surface area contributed by atoms with Gasteiger partial charge in [0.2, 0.25) is 5.75 Å². The van der Waals surface area contributed by atoms with E-state index in [1.807, 2.05) is 18.2 Å². The van der Waals surface area contributed by atoms with Crippen molar-refractivity contribution in [1.29, 1.82) is 0 Å². The first-order chi connectivity index (χ1) is 16.0. The van der Waals surface area contributed by atoms with Crippen LogP contribution in [0.25, 0.3) is 0 Å². The molecule has 0 saturated carbocycles. The van der Waals surface area contributed by atoms with Gasteiger partial charge in [-0.2, -0.15) is 0 Å². The lowest BCUT2D eigenvalue weighted by molar-refractivity contribution is 0.0976. The standard InChI is InChI=1S/C25H24N2O6/c1-30-18-10-8-17(9-11-18)27-14-15-6-5-7-19(22(15)25(27)29)24(28)26-16-12-20(31-2)23(33-4)21(13-16)32-3/h5-13H,14H2,1-4H3,(H,26,28). The minimum absolute atomic E-state index is 0.231. The number of hydrogen-bond donors (Lipinski definition) is 1. The molecule has 1 heterocycles. The Hall–Kier alpha value is -4.20. The Bertz CT molecular complexity index is 1180. The predicted molar refractivity (Wildman–Crippen MR) is 124 cm³/mol. The Morgan fingerprint density at radius 3 is 2.12 bits per heavy atom. The van der Waals surface area contributed by atoms with E-state index in [9.17, 15) is 9.59 Å². The summed E-state index contributed by atoms with van der Waals surface area (Å²) in [4.78, 5) is 28.1. The molecule has 0 unspecified atom stereocenters. The number of anilines is 2. The second-order valence-corrected chi connectivity index (χ2v) is 7.30. The third kappa shape index (κ3) is 4.03. The summed E-state index contributed by atoms with van der Waals surface area (Å²) in [5.74, 6) is 1.30. The van der Waals surface area contributed by atoms with Gasteiger partial charge in [0.25, 0.3) is 11.8 Å². The van der Waals surface area contributed by atoms with Gasteiger partial charge in [0, 0.05) is 23.5 Å². The molecular formula is C25H24N2O6. The van der Waals surface area contributed by atoms with Crippen molar-refractivity contribution in [3.8, 4) is 23.0 Å². The monoisotopic (exact) mass is 448 g/mol. The number of ether oxygens (including phenoxy) is 4. The summed E-state index contributed by atoms with van der Waals surface area (Å²) in [7, 11) is 6.09. The van der Waals surface area contributed by atoms with Gasteiger partial charge in [0.15, 0.2) is 11.5 Å². The zero-order chi connectivity index (χ0) is 23.5. The Morgan fingerprint density at radius 1 is 0.879 bits per heavy atom. The number of amides is 2. The molecule has 0 atom stereocenters. The minimum atomic E-state index is -0.411. The van der Waals surface area contributed by atoms with Crippen molar-refractivity contribution >= 4 is 23.2 Å². The molecule has 33 heavy (non-hydrogen) atoms. The summed E-state index contributed by atoms with van der Waals surface area (Å²) in [5, 5.41) is 2.84. The maximum absolute atomic E-state index is 13.3. The highest BCUT2D eigenvalue weighted by atomic mass is 16.5. The molecule has 0 spiro atoms. The van der Waals surface area contributed by atoms with Gasteiger partial charge in [-0.25, -0.2) is 0 Å². The van der Waals surface area contributed by atoms with Crippen LogP contribution in [0.5, 0.6) is 23.0 Å². The van der Waals surface area contributed by atoms with E-state index < -0.39 is 5.91 Å². The van der Waals surface area contributed by atoms with Gasteiger partial charge in [0.05, 0.1) is 46.1 Å². The summed E-state index contributed by atoms with van der Waals surface area (Å²) in [6, 6.07) is 15.8. The van der Waals surface area contributed by atoms with E-state index in [0.29, 0.717) is 46.4 Å². The van der Waals surface area contributed by atoms with Gasteiger partial charge in [0.1, 0.15) is 5.75 Å². The number of benzene rings is 3. The van der Waals surface area contributed by atoms with E-state index in [1.165, 1.54) is 21.3 Å². The van der Waals surface area contributed by atoms with Crippen molar-refractivity contribution < 1.29 is 28.5 Å². The van der Waals surface area contributed by atoms with Crippen LogP contribution in [0.4, 0.5) is 11.4 Å². The lowest BCUT2D eigenvalue weighted by Crippen LogP contribution is -2.24. The first-order valence-electron chi connectivity index (χ1n) is 10.2. The van der Waals surface area contributed by atoms with E-state index in [1.54, 1.807) is 48.4 Å². The zero-order valence-corrected chi connectivity index (χ0v) is 18.8. The molecular weight excluding hydrogens is 424 g/mol. The van der Waals surface area contributed by atoms with Crippen molar-refractivity contribution in [2.75, 3.05) is 38.7 Å². The first kappa shape index (κ1) is 22.0. The van der Waals surface area contributed by atoms with Crippen LogP contribution in [0.3, 0.4) is 0 Å². The van der Waals surface area contributed by atoms with Crippen LogP contribution in [0, 0.1) is 0 Å². The molecule has 8 nitrogen and oxygen atoms in total. The second kappa shape index (κ2) is 9.12. The molecule has 3 aromatic carbocycles. The first-order valence-corrected chi connectivity index (χ1v) is 10.2. The average molecular weight is 448 g/mol. The van der Waals surface area contributed by atoms with E-state index in [4.69, 9.17) is 18.9 Å². The van der Waals surface area contributed by atoms with Crippen LogP contribution in [0.1, 0.15) is 26.3 Å². The van der Waals surface area contributed by atoms with Gasteiger partial charge in [-0.1, -0.05) is 12.1 Å². The van der Waals surface area contributed by atoms with Crippen LogP contribution in [0.15, 0.2) is 54.6 Å². The van der Waals surface area contributed by atoms with Crippen LogP contribution in [-0.4, -0.2) is 40.3 Å². The maximum Gasteiger partial charge on any atom is 0.259 e. The molecule has 3 aromatic rings. The van der Waals surface area contributed by atoms with Crippen molar-refractivity contribution in [2.45, 2.75) is 6.54 Å². The van der Waals surface area contributed by atoms with Crippen LogP contribution in [0.2, 0.25) is 0 Å². The molecule has 170 valence electrons. The third-order valence-corrected chi connectivity index (χ3v) is 5.49. The van der Waals surface area contributed by atoms with Gasteiger partial charge >= 0.3 is 0 Å². The quantitative estimate of drug-likeness (QED) is 0.585. The molecule has 0 fully saturated rings. The number of carbonyl (C=O) groups excluding carboxylic acids is 2. The Labute approximate surface area is 191 Å². The smallest absolute Gasteiger partial charge is 0.259 e. The lowest BCUT2D eigenvalue weighted by atomic mass is 10.0. The van der Waals surface area contributed by atoms with E-state index in [2.05, 4.69) is 5.32 Å². The van der Waals surface area contributed by atoms with Gasteiger partial charge in [-0.05, 0) is 35.9 Å². The zero-order valence-electron chi connectivity index (χ0n) is 18.8. The minimum Gasteiger partial charge on any atom is -0.497 e. The predicted octanol–water partition coefficient (Wildman–Crippen LogP) is 4.13. The van der Waals surface area contributed by atoms with Gasteiger partial charge < -0.3 is 29.2 Å². The Balaban J connectivity index is 1.63. The van der Waals surface area contributed by atoms with E-state index in [0.717, 1.165) is 11.3 Å². The highest BCUT2D eigenvalue weighted by Crippen LogP contribution is 2.40. The number of fused-ring (bicyclic) bond motifs is 1. The molecule has 2 amide bonds. The van der Waals surface area contributed by atoms with Crippen molar-refractivity contribution in [3.63, 3.8) is 0 Å². The number of nitrogens with one attached hydrogen (secondary N) is 1. The Kier molecular flexibility index (Phi) is 6.08. The Morgan fingerprint density at radius 2 is 1.55 bits per heavy atom. The molecule has 1 N–H and O–H groups in total. The number of nitrogens with zero attached hydrogens (tertiary/aromatic N) is 1. The van der Waals surface area contributed by atoms with Crippen LogP contribution >= 0.6 is 0 Å². The van der Waals surface area contributed by atoms with E-state index in [-0.39, 0.29) is 5.91 Å². The summed E-state index contributed by atoms with van der Waals surface area (Å²) in [5.41, 5.74) is 2.64. The topological polar surface area (TPSA) is 86.3 Å². The molecule has 8 heteroatoms. The molecule has 0 saturated heterocycles. The SMILES string of the molecule is COc1ccc(N2Cc3cccc(C(=O)Nc4cc(OC)c(OC)c(OC)c4)c3C2=O)cc1. The molecule has 4 rings (SSSR count). The summed E-state index contributed by atoms with van der Waals surface area (Å²) < 4.78 is 21.2. The fourth-order valence-corrected chi connectivity index (χ4v) is 3.87. The number of hydrogen-bond acceptors (Lipinski definition) is 6. The molecule has 1 aliphatic rings. The van der Waals surface area contributed by atoms with Crippen LogP contribution in [-0.2, 0) is 6.54 Å². The maximum atomic E-state index is 13.3. The second-order valence-electron chi connectivity index (χ2n) is 7.30. The normalized spacial score (nSPS) is 12.2. The highest BCUT2D eigenvalue weighted by molar-refractivity contribution is 6.18. The molecule has 0 radical (unpaired) electrons. The van der Waals surface area contributed by atoms with Crippen LogP contribution < -0.4 is 29.2 Å². The molecule has 0 aliphatic carbocycles. The number of methoxy groups -OCH3 is 4. The van der Waals surface area contributed by atoms with Crippen molar-refractivity contribution in [1.82, 2.24) is 0 Å². The third-order valence-electron chi connectivity index (χ3n) is 5.49. The lowest BCUT2D eigenvalue weighted by Gasteiger charge is -2.16.